The van der Waals surface area contributed by atoms with E-state index in [0.717, 1.165) is 6.42 Å². The SMILES string of the molecule is CC/C=C(/SC)C(=O)O. The number of carbonyl (C=O) groups is 1. The van der Waals surface area contributed by atoms with Gasteiger partial charge in [0.15, 0.2) is 0 Å². The third-order valence-electron chi connectivity index (χ3n) is 0.820. The summed E-state index contributed by atoms with van der Waals surface area (Å²) in [6.45, 7) is 1.92. The molecule has 0 unspecified atom stereocenters. The molecule has 0 fully saturated rings. The first-order chi connectivity index (χ1) is 4.22. The summed E-state index contributed by atoms with van der Waals surface area (Å²) in [5.74, 6) is -0.829. The minimum absolute atomic E-state index is 0.428. The van der Waals surface area contributed by atoms with Gasteiger partial charge in [0.25, 0.3) is 0 Å². The van der Waals surface area contributed by atoms with Crippen molar-refractivity contribution in [2.45, 2.75) is 13.3 Å². The van der Waals surface area contributed by atoms with E-state index in [0.29, 0.717) is 4.91 Å². The molecule has 52 valence electrons. The summed E-state index contributed by atoms with van der Waals surface area (Å²) in [6, 6.07) is 0. The highest BCUT2D eigenvalue weighted by molar-refractivity contribution is 8.03. The number of carboxylic acids is 1. The largest absolute Gasteiger partial charge is 0.477 e. The monoisotopic (exact) mass is 146 g/mol. The van der Waals surface area contributed by atoms with Gasteiger partial charge in [-0.25, -0.2) is 4.79 Å². The minimum atomic E-state index is -0.829. The Morgan fingerprint density at radius 1 is 1.78 bits per heavy atom. The van der Waals surface area contributed by atoms with Crippen molar-refractivity contribution >= 4 is 17.7 Å². The summed E-state index contributed by atoms with van der Waals surface area (Å²) < 4.78 is 0. The van der Waals surface area contributed by atoms with Gasteiger partial charge < -0.3 is 5.11 Å². The number of hydrogen-bond acceptors (Lipinski definition) is 2. The molecule has 0 saturated carbocycles. The van der Waals surface area contributed by atoms with E-state index in [9.17, 15) is 4.79 Å². The van der Waals surface area contributed by atoms with Gasteiger partial charge >= 0.3 is 5.97 Å². The summed E-state index contributed by atoms with van der Waals surface area (Å²) in [7, 11) is 0. The summed E-state index contributed by atoms with van der Waals surface area (Å²) in [6.07, 6.45) is 4.24. The summed E-state index contributed by atoms with van der Waals surface area (Å²) in [4.78, 5) is 10.7. The van der Waals surface area contributed by atoms with Crippen molar-refractivity contribution in [3.8, 4) is 0 Å². The van der Waals surface area contributed by atoms with Gasteiger partial charge in [-0.1, -0.05) is 13.0 Å². The molecule has 0 aromatic rings. The second-order valence-electron chi connectivity index (χ2n) is 1.49. The summed E-state index contributed by atoms with van der Waals surface area (Å²) >= 11 is 1.26. The van der Waals surface area contributed by atoms with E-state index in [1.54, 1.807) is 12.3 Å². The maximum absolute atomic E-state index is 10.2. The van der Waals surface area contributed by atoms with E-state index in [4.69, 9.17) is 5.11 Å². The number of rotatable bonds is 3. The topological polar surface area (TPSA) is 37.3 Å². The normalized spacial score (nSPS) is 11.6. The Hall–Kier alpha value is -0.440. The van der Waals surface area contributed by atoms with Crippen molar-refractivity contribution < 1.29 is 9.90 Å². The van der Waals surface area contributed by atoms with Crippen molar-refractivity contribution in [2.75, 3.05) is 6.26 Å². The fourth-order valence-electron chi connectivity index (χ4n) is 0.443. The Balaban J connectivity index is 3.98. The van der Waals surface area contributed by atoms with E-state index in [2.05, 4.69) is 0 Å². The molecule has 1 N–H and O–H groups in total. The van der Waals surface area contributed by atoms with Crippen LogP contribution in [0.25, 0.3) is 0 Å². The van der Waals surface area contributed by atoms with Crippen molar-refractivity contribution in [3.05, 3.63) is 11.0 Å². The molecule has 0 aliphatic carbocycles. The van der Waals surface area contributed by atoms with Gasteiger partial charge in [0.1, 0.15) is 0 Å². The number of thioether (sulfide) groups is 1. The second-order valence-corrected chi connectivity index (χ2v) is 2.33. The smallest absolute Gasteiger partial charge is 0.341 e. The average molecular weight is 146 g/mol. The zero-order valence-corrected chi connectivity index (χ0v) is 6.36. The van der Waals surface area contributed by atoms with Crippen LogP contribution in [0.3, 0.4) is 0 Å². The Labute approximate surface area is 59.0 Å². The first-order valence-corrected chi connectivity index (χ1v) is 3.92. The second kappa shape index (κ2) is 4.44. The van der Waals surface area contributed by atoms with Gasteiger partial charge in [-0.3, -0.25) is 0 Å². The quantitative estimate of drug-likeness (QED) is 0.616. The molecule has 0 aromatic carbocycles. The Bertz CT molecular complexity index is 129. The van der Waals surface area contributed by atoms with Crippen molar-refractivity contribution in [2.24, 2.45) is 0 Å². The lowest BCUT2D eigenvalue weighted by atomic mass is 10.4. The van der Waals surface area contributed by atoms with Crippen molar-refractivity contribution in [1.29, 1.82) is 0 Å². The van der Waals surface area contributed by atoms with E-state index in [1.807, 2.05) is 6.92 Å². The van der Waals surface area contributed by atoms with Crippen LogP contribution >= 0.6 is 11.8 Å². The van der Waals surface area contributed by atoms with Gasteiger partial charge in [0.2, 0.25) is 0 Å². The Kier molecular flexibility index (Phi) is 4.22. The molecule has 0 radical (unpaired) electrons. The molecule has 3 heteroatoms. The number of aliphatic carboxylic acids is 1. The van der Waals surface area contributed by atoms with E-state index >= 15 is 0 Å². The lowest BCUT2D eigenvalue weighted by Crippen LogP contribution is -1.95. The zero-order valence-electron chi connectivity index (χ0n) is 5.55. The fourth-order valence-corrected chi connectivity index (χ4v) is 0.951. The average Bonchev–Trinajstić information content (AvgIpc) is 1.82. The van der Waals surface area contributed by atoms with E-state index in [1.165, 1.54) is 11.8 Å². The predicted molar refractivity (Wildman–Crippen MR) is 39.5 cm³/mol. The summed E-state index contributed by atoms with van der Waals surface area (Å²) in [5, 5.41) is 8.42. The van der Waals surface area contributed by atoms with Crippen LogP contribution in [0.15, 0.2) is 11.0 Å². The van der Waals surface area contributed by atoms with Gasteiger partial charge in [0, 0.05) is 0 Å². The van der Waals surface area contributed by atoms with Crippen molar-refractivity contribution in [3.63, 3.8) is 0 Å². The first-order valence-electron chi connectivity index (χ1n) is 2.69. The molecule has 0 atom stereocenters. The first kappa shape index (κ1) is 8.56. The highest BCUT2D eigenvalue weighted by Gasteiger charge is 2.01. The molecule has 0 rings (SSSR count). The molecule has 0 aliphatic heterocycles. The van der Waals surface area contributed by atoms with E-state index < -0.39 is 5.97 Å². The molecule has 0 heterocycles. The van der Waals surface area contributed by atoms with Crippen LogP contribution in [-0.4, -0.2) is 17.3 Å². The van der Waals surface area contributed by atoms with Crippen LogP contribution in [0.5, 0.6) is 0 Å². The molecule has 0 amide bonds. The molecule has 0 aromatic heterocycles. The van der Waals surface area contributed by atoms with Crippen LogP contribution in [0.2, 0.25) is 0 Å². The molecule has 0 bridgehead atoms. The lowest BCUT2D eigenvalue weighted by molar-refractivity contribution is -0.131. The number of allylic oxidation sites excluding steroid dienone is 1. The predicted octanol–water partition coefficient (Wildman–Crippen LogP) is 1.73. The molecule has 0 saturated heterocycles. The molecular formula is C6H10O2S. The highest BCUT2D eigenvalue weighted by Crippen LogP contribution is 2.11. The third kappa shape index (κ3) is 3.19. The minimum Gasteiger partial charge on any atom is -0.477 e. The standard InChI is InChI=1S/C6H10O2S/c1-3-4-5(9-2)6(7)8/h4H,3H2,1-2H3,(H,7,8)/b5-4+. The van der Waals surface area contributed by atoms with Crippen LogP contribution in [-0.2, 0) is 4.79 Å². The molecule has 0 spiro atoms. The number of hydrogen-bond donors (Lipinski definition) is 1. The van der Waals surface area contributed by atoms with Crippen LogP contribution in [0.1, 0.15) is 13.3 Å². The maximum atomic E-state index is 10.2. The van der Waals surface area contributed by atoms with Crippen molar-refractivity contribution in [1.82, 2.24) is 0 Å². The van der Waals surface area contributed by atoms with Gasteiger partial charge in [0.05, 0.1) is 4.91 Å². The fraction of sp³-hybridized carbons (Fsp3) is 0.500. The third-order valence-corrected chi connectivity index (χ3v) is 1.60. The Morgan fingerprint density at radius 2 is 2.33 bits per heavy atom. The molecule has 9 heavy (non-hydrogen) atoms. The maximum Gasteiger partial charge on any atom is 0.341 e. The Morgan fingerprint density at radius 3 is 2.44 bits per heavy atom. The zero-order chi connectivity index (χ0) is 7.28. The number of carboxylic acid groups (broad SMARTS) is 1. The van der Waals surface area contributed by atoms with Crippen LogP contribution < -0.4 is 0 Å². The molecule has 0 aliphatic rings. The molecular weight excluding hydrogens is 136 g/mol. The van der Waals surface area contributed by atoms with Gasteiger partial charge in [-0.2, -0.15) is 0 Å². The van der Waals surface area contributed by atoms with Crippen LogP contribution in [0.4, 0.5) is 0 Å². The van der Waals surface area contributed by atoms with Gasteiger partial charge in [-0.15, -0.1) is 11.8 Å². The van der Waals surface area contributed by atoms with Crippen LogP contribution in [0, 0.1) is 0 Å². The van der Waals surface area contributed by atoms with Gasteiger partial charge in [-0.05, 0) is 12.7 Å². The highest BCUT2D eigenvalue weighted by atomic mass is 32.2. The van der Waals surface area contributed by atoms with E-state index in [-0.39, 0.29) is 0 Å². The molecule has 2 nitrogen and oxygen atoms in total. The summed E-state index contributed by atoms with van der Waals surface area (Å²) in [5.41, 5.74) is 0. The lowest BCUT2D eigenvalue weighted by Gasteiger charge is -1.92.